The maximum absolute atomic E-state index is 12.7. The Kier molecular flexibility index (Phi) is 6.40. The van der Waals surface area contributed by atoms with E-state index >= 15 is 0 Å². The van der Waals surface area contributed by atoms with E-state index < -0.39 is 33.6 Å². The van der Waals surface area contributed by atoms with Crippen LogP contribution < -0.4 is 5.32 Å². The van der Waals surface area contributed by atoms with E-state index in [0.717, 1.165) is 16.5 Å². The van der Waals surface area contributed by atoms with Gasteiger partial charge in [-0.3, -0.25) is 0 Å². The van der Waals surface area contributed by atoms with E-state index in [4.69, 9.17) is 12.4 Å². The molecule has 0 amide bonds. The van der Waals surface area contributed by atoms with E-state index in [0.29, 0.717) is 6.42 Å². The number of rotatable bonds is 7. The van der Waals surface area contributed by atoms with Gasteiger partial charge in [-0.25, -0.2) is 0 Å². The Morgan fingerprint density at radius 3 is 2.85 bits per heavy atom. The van der Waals surface area contributed by atoms with Crippen LogP contribution in [0.2, 0.25) is 0 Å². The molecule has 1 aromatic heterocycles. The maximum atomic E-state index is 12.7. The van der Waals surface area contributed by atoms with Crippen LogP contribution in [0.3, 0.4) is 0 Å². The average molecular weight is 447 g/mol. The molecule has 2 N–H and O–H groups in total. The minimum atomic E-state index is -2.84. The Balaban J connectivity index is 1.72. The number of hydrogen-bond donors (Lipinski definition) is 2. The zero-order chi connectivity index (χ0) is 18.6. The third-order valence-corrected chi connectivity index (χ3v) is 8.11. The van der Waals surface area contributed by atoms with Gasteiger partial charge in [0.05, 0.1) is 0 Å². The van der Waals surface area contributed by atoms with Crippen molar-refractivity contribution in [2.24, 2.45) is 0 Å². The fraction of sp³-hybridized carbons (Fsp3) is 0.438. The molecule has 0 spiro atoms. The van der Waals surface area contributed by atoms with Gasteiger partial charge in [0.25, 0.3) is 0 Å². The number of benzene rings is 1. The second kappa shape index (κ2) is 8.57. The van der Waals surface area contributed by atoms with Crippen molar-refractivity contribution in [1.29, 1.82) is 0 Å². The van der Waals surface area contributed by atoms with Crippen molar-refractivity contribution in [2.75, 3.05) is 25.6 Å². The molecule has 8 nitrogen and oxygen atoms in total. The fourth-order valence-electron chi connectivity index (χ4n) is 2.72. The molecule has 0 unspecified atom stereocenters. The van der Waals surface area contributed by atoms with Crippen LogP contribution in [0, 0.1) is 0 Å². The van der Waals surface area contributed by atoms with Crippen molar-refractivity contribution in [1.82, 2.24) is 10.3 Å². The standard InChI is InChI=1S/C16H21N2O6PSe/c1-2-22-16(19)15(18-9-25(20)10-23-26(21)24-11-25)7-12-8-17-14-6-4-3-5-13(12)14/h3-6,8,15,17-18H,2,7,9-11H2,1H3/t15-,25?,26?/m0/s1. The number of hydrogen-bond acceptors (Lipinski definition) is 7. The third kappa shape index (κ3) is 4.68. The molecule has 0 radical (unpaired) electrons. The second-order valence-corrected chi connectivity index (χ2v) is 10.8. The number of carbonyl (C=O) groups excluding carboxylic acids is 1. The van der Waals surface area contributed by atoms with Crippen molar-refractivity contribution >= 4 is 38.5 Å². The number of fused-ring (bicyclic) bond motifs is 1. The fourth-order valence-corrected chi connectivity index (χ4v) is 7.73. The molecule has 10 heteroatoms. The SMILES string of the molecule is CCOC(=O)[C@H](Cc1c[nH]c2ccccc12)NCP1(=O)CO[Se](=O)OC1. The average Bonchev–Trinajstić information content (AvgIpc) is 3.05. The molecule has 2 heterocycles. The van der Waals surface area contributed by atoms with Crippen molar-refractivity contribution in [3.05, 3.63) is 36.0 Å². The zero-order valence-electron chi connectivity index (χ0n) is 14.3. The number of carbonyl (C=O) groups is 1. The normalized spacial score (nSPS) is 24.4. The first kappa shape index (κ1) is 19.4. The van der Waals surface area contributed by atoms with Gasteiger partial charge >= 0.3 is 155 Å². The topological polar surface area (TPSA) is 107 Å². The number of H-pyrrole nitrogens is 1. The summed E-state index contributed by atoms with van der Waals surface area (Å²) in [6, 6.07) is 7.16. The van der Waals surface area contributed by atoms with E-state index in [1.807, 2.05) is 30.5 Å². The molecule has 0 saturated carbocycles. The molecule has 0 bridgehead atoms. The van der Waals surface area contributed by atoms with E-state index in [1.165, 1.54) is 0 Å². The molecule has 1 aromatic carbocycles. The molecule has 1 saturated heterocycles. The van der Waals surface area contributed by atoms with Crippen LogP contribution in [0.4, 0.5) is 0 Å². The summed E-state index contributed by atoms with van der Waals surface area (Å²) in [6.07, 6.45) is 2.11. The number of esters is 1. The summed E-state index contributed by atoms with van der Waals surface area (Å²) in [5, 5.41) is 4.06. The van der Waals surface area contributed by atoms with Gasteiger partial charge in [0.2, 0.25) is 0 Å². The minimum absolute atomic E-state index is 0.0533. The van der Waals surface area contributed by atoms with Gasteiger partial charge in [0, 0.05) is 0 Å². The van der Waals surface area contributed by atoms with Crippen LogP contribution in [-0.4, -0.2) is 57.1 Å². The Hall–Kier alpha value is -1.34. The van der Waals surface area contributed by atoms with Gasteiger partial charge in [0.15, 0.2) is 0 Å². The molecule has 1 atom stereocenters. The molecule has 1 aliphatic heterocycles. The number of ether oxygens (including phenoxy) is 1. The van der Waals surface area contributed by atoms with Gasteiger partial charge in [0.1, 0.15) is 0 Å². The molecule has 2 aromatic rings. The Morgan fingerprint density at radius 2 is 2.12 bits per heavy atom. The van der Waals surface area contributed by atoms with Crippen LogP contribution in [0.5, 0.6) is 0 Å². The van der Waals surface area contributed by atoms with Gasteiger partial charge in [-0.1, -0.05) is 0 Å². The molecule has 1 fully saturated rings. The van der Waals surface area contributed by atoms with Gasteiger partial charge in [-0.05, 0) is 0 Å². The van der Waals surface area contributed by atoms with E-state index in [9.17, 15) is 13.2 Å². The first-order chi connectivity index (χ1) is 12.5. The Labute approximate surface area is 155 Å². The Bertz CT molecular complexity index is 840. The molecule has 26 heavy (non-hydrogen) atoms. The van der Waals surface area contributed by atoms with Crippen molar-refractivity contribution in [2.45, 2.75) is 19.4 Å². The van der Waals surface area contributed by atoms with Gasteiger partial charge in [-0.15, -0.1) is 0 Å². The molecule has 1 aliphatic rings. The molecule has 0 aliphatic carbocycles. The summed E-state index contributed by atoms with van der Waals surface area (Å²) >= 11 is -2.75. The van der Waals surface area contributed by atoms with Gasteiger partial charge < -0.3 is 0 Å². The molecule has 142 valence electrons. The Morgan fingerprint density at radius 1 is 1.38 bits per heavy atom. The monoisotopic (exact) mass is 448 g/mol. The van der Waals surface area contributed by atoms with E-state index in [2.05, 4.69) is 10.3 Å². The number of aromatic amines is 1. The molecular formula is C16H21N2O6PSe. The first-order valence-electron chi connectivity index (χ1n) is 8.21. The summed E-state index contributed by atoms with van der Waals surface area (Å²) in [7, 11) is -2.84. The molecule has 3 rings (SSSR count). The first-order valence-corrected chi connectivity index (χ1v) is 12.6. The zero-order valence-corrected chi connectivity index (χ0v) is 16.9. The second-order valence-electron chi connectivity index (χ2n) is 5.99. The predicted molar refractivity (Wildman–Crippen MR) is 96.4 cm³/mol. The van der Waals surface area contributed by atoms with Crippen molar-refractivity contribution in [3.63, 3.8) is 0 Å². The summed E-state index contributed by atoms with van der Waals surface area (Å²) < 4.78 is 38.8. The summed E-state index contributed by atoms with van der Waals surface area (Å²) in [6.45, 7) is 2.00. The van der Waals surface area contributed by atoms with Crippen molar-refractivity contribution in [3.8, 4) is 0 Å². The van der Waals surface area contributed by atoms with E-state index in [1.54, 1.807) is 6.92 Å². The van der Waals surface area contributed by atoms with Crippen molar-refractivity contribution < 1.29 is 25.6 Å². The van der Waals surface area contributed by atoms with Crippen LogP contribution in [0.15, 0.2) is 30.5 Å². The molecular weight excluding hydrogens is 426 g/mol. The number of para-hydroxylation sites is 1. The summed E-state index contributed by atoms with van der Waals surface area (Å²) in [4.78, 5) is 15.5. The number of aromatic nitrogens is 1. The number of nitrogens with one attached hydrogen (secondary N) is 2. The van der Waals surface area contributed by atoms with E-state index in [-0.39, 0.29) is 25.6 Å². The summed E-state index contributed by atoms with van der Waals surface area (Å²) in [5.74, 6) is -0.404. The van der Waals surface area contributed by atoms with Crippen LogP contribution >= 0.6 is 7.14 Å². The summed E-state index contributed by atoms with van der Waals surface area (Å²) in [5.41, 5.74) is 1.95. The van der Waals surface area contributed by atoms with Crippen LogP contribution in [-0.2, 0) is 32.0 Å². The predicted octanol–water partition coefficient (Wildman–Crippen LogP) is 1.93. The quantitative estimate of drug-likeness (QED) is 0.380. The van der Waals surface area contributed by atoms with Gasteiger partial charge in [-0.2, -0.15) is 0 Å². The third-order valence-electron chi connectivity index (χ3n) is 4.06. The van der Waals surface area contributed by atoms with Crippen LogP contribution in [0.1, 0.15) is 12.5 Å². The van der Waals surface area contributed by atoms with Crippen LogP contribution in [0.25, 0.3) is 10.9 Å².